The van der Waals surface area contributed by atoms with Crippen LogP contribution < -0.4 is 0 Å². The lowest BCUT2D eigenvalue weighted by atomic mass is 9.98. The second-order valence-electron chi connectivity index (χ2n) is 21.3. The van der Waals surface area contributed by atoms with Crippen molar-refractivity contribution >= 4 is 23.9 Å². The Balaban J connectivity index is 2.75. The third-order valence-corrected chi connectivity index (χ3v) is 13.7. The summed E-state index contributed by atoms with van der Waals surface area (Å²) < 4.78 is 28.4. The number of aliphatic hydroxyl groups excluding tert-OH is 2. The van der Waals surface area contributed by atoms with Gasteiger partial charge in [-0.25, -0.2) is 4.79 Å². The highest BCUT2D eigenvalue weighted by Gasteiger charge is 2.50. The first-order valence-electron chi connectivity index (χ1n) is 32.2. The van der Waals surface area contributed by atoms with E-state index in [1.807, 2.05) is 24.3 Å². The summed E-state index contributed by atoms with van der Waals surface area (Å²) in [4.78, 5) is 51.3. The summed E-state index contributed by atoms with van der Waals surface area (Å²) in [6, 6.07) is 0. The van der Waals surface area contributed by atoms with Crippen molar-refractivity contribution in [1.29, 1.82) is 0 Å². The summed E-state index contributed by atoms with van der Waals surface area (Å²) in [6.07, 6.45) is 68.6. The molecule has 6 atom stereocenters. The van der Waals surface area contributed by atoms with Gasteiger partial charge in [0.15, 0.2) is 24.6 Å². The van der Waals surface area contributed by atoms with Crippen LogP contribution in [-0.2, 0) is 42.9 Å². The Morgan fingerprint density at radius 3 is 1.19 bits per heavy atom. The van der Waals surface area contributed by atoms with Crippen molar-refractivity contribution in [2.45, 2.75) is 276 Å². The number of carbonyl (C=O) groups excluding carboxylic acids is 3. The third kappa shape index (κ3) is 46.9. The van der Waals surface area contributed by atoms with Crippen LogP contribution in [0.5, 0.6) is 0 Å². The highest BCUT2D eigenvalue weighted by atomic mass is 16.7. The van der Waals surface area contributed by atoms with Crippen LogP contribution in [0.3, 0.4) is 0 Å². The van der Waals surface area contributed by atoms with Crippen LogP contribution >= 0.6 is 0 Å². The molecule has 468 valence electrons. The molecule has 0 radical (unpaired) electrons. The number of carboxylic acids is 1. The summed E-state index contributed by atoms with van der Waals surface area (Å²) in [5.41, 5.74) is 0. The number of hydrogen-bond donors (Lipinski definition) is 3. The Morgan fingerprint density at radius 2 is 0.783 bits per heavy atom. The van der Waals surface area contributed by atoms with E-state index in [0.29, 0.717) is 32.1 Å². The monoisotopic (exact) mass is 1160 g/mol. The van der Waals surface area contributed by atoms with Gasteiger partial charge < -0.3 is 39.0 Å². The molecule has 0 aromatic carbocycles. The van der Waals surface area contributed by atoms with Crippen LogP contribution in [0.4, 0.5) is 0 Å². The van der Waals surface area contributed by atoms with Crippen molar-refractivity contribution in [3.63, 3.8) is 0 Å². The molecule has 0 spiro atoms. The molecule has 1 saturated heterocycles. The van der Waals surface area contributed by atoms with Crippen molar-refractivity contribution in [3.05, 3.63) is 134 Å². The number of unbranched alkanes of at least 4 members (excludes halogenated alkanes) is 17. The van der Waals surface area contributed by atoms with Crippen LogP contribution in [0.2, 0.25) is 0 Å². The molecule has 1 rings (SSSR count). The number of carboxylic acid groups (broad SMARTS) is 1. The molecular formula is C71H112O12. The van der Waals surface area contributed by atoms with E-state index < -0.39 is 67.3 Å². The molecule has 0 aromatic rings. The predicted molar refractivity (Wildman–Crippen MR) is 340 cm³/mol. The van der Waals surface area contributed by atoms with E-state index in [9.17, 15) is 34.5 Å². The largest absolute Gasteiger partial charge is 0.479 e. The topological polar surface area (TPSA) is 175 Å². The standard InChI is InChI=1S/C71H112O12/c1-4-7-10-13-16-19-22-25-28-31-32-35-36-39-42-45-48-51-54-57-63(72)79-60-62(81-64(73)58-55-52-49-46-43-40-37-33-29-26-23-20-17-14-11-8-5-2)61-80-71-69(67(76)66(75)68(83-71)70(77)78)82-65(74)59-56-53-50-47-44-41-38-34-30-27-24-21-18-15-12-9-6-3/h7-8,10-11,16-17,19-20,25-26,28-29,32,35,37,39-40,42,46,48-49,51,62,66-69,71,75-76H,4-6,9,12-15,18,21-24,27,30-31,33-34,36,38,41,43-45,47,50,52-61H2,1-3H3,(H,77,78)/b10-7-,11-8-,19-16-,20-17-,28-25-,29-26-,35-32-,40-37-,42-39-,49-46-,51-48-. The van der Waals surface area contributed by atoms with Crippen LogP contribution in [0.15, 0.2) is 134 Å². The maximum atomic E-state index is 13.2. The average molecular weight is 1160 g/mol. The van der Waals surface area contributed by atoms with Crippen molar-refractivity contribution in [1.82, 2.24) is 0 Å². The van der Waals surface area contributed by atoms with Gasteiger partial charge in [0, 0.05) is 19.3 Å². The van der Waals surface area contributed by atoms with Gasteiger partial charge in [-0.1, -0.05) is 257 Å². The summed E-state index contributed by atoms with van der Waals surface area (Å²) in [5, 5.41) is 31.6. The fourth-order valence-corrected chi connectivity index (χ4v) is 8.90. The zero-order valence-corrected chi connectivity index (χ0v) is 51.6. The van der Waals surface area contributed by atoms with E-state index in [4.69, 9.17) is 23.7 Å². The SMILES string of the molecule is CC/C=C\C/C=C\C/C=C\C/C=C\C/C=C\C/C=C\CCC(=O)OCC(COC1OC(C(=O)O)C(O)C(O)C1OC(=O)CCCCCCCCCCCCCCCCCCC)OC(=O)CCC/C=C\C/C=C\C/C=C\C/C=C\C/C=C\CC. The van der Waals surface area contributed by atoms with Crippen molar-refractivity contribution in [3.8, 4) is 0 Å². The molecule has 0 amide bonds. The molecule has 12 nitrogen and oxygen atoms in total. The summed E-state index contributed by atoms with van der Waals surface area (Å²) in [6.45, 7) is 5.67. The second-order valence-corrected chi connectivity index (χ2v) is 21.3. The summed E-state index contributed by atoms with van der Waals surface area (Å²) in [7, 11) is 0. The first-order chi connectivity index (χ1) is 40.6. The highest BCUT2D eigenvalue weighted by molar-refractivity contribution is 5.74. The minimum absolute atomic E-state index is 0.0430. The maximum absolute atomic E-state index is 13.2. The van der Waals surface area contributed by atoms with Crippen LogP contribution in [0.25, 0.3) is 0 Å². The van der Waals surface area contributed by atoms with Crippen LogP contribution in [0, 0.1) is 0 Å². The van der Waals surface area contributed by atoms with Gasteiger partial charge in [-0.2, -0.15) is 0 Å². The van der Waals surface area contributed by atoms with Gasteiger partial charge in [-0.15, -0.1) is 0 Å². The van der Waals surface area contributed by atoms with Gasteiger partial charge in [0.25, 0.3) is 0 Å². The second kappa shape index (κ2) is 57.3. The zero-order valence-electron chi connectivity index (χ0n) is 51.6. The van der Waals surface area contributed by atoms with Gasteiger partial charge >= 0.3 is 23.9 Å². The van der Waals surface area contributed by atoms with Gasteiger partial charge in [-0.05, 0) is 96.3 Å². The van der Waals surface area contributed by atoms with E-state index in [1.54, 1.807) is 0 Å². The van der Waals surface area contributed by atoms with Gasteiger partial charge in [-0.3, -0.25) is 14.4 Å². The van der Waals surface area contributed by atoms with E-state index in [-0.39, 0.29) is 25.9 Å². The third-order valence-electron chi connectivity index (χ3n) is 13.7. The van der Waals surface area contributed by atoms with Crippen LogP contribution in [0.1, 0.15) is 239 Å². The lowest BCUT2D eigenvalue weighted by Crippen LogP contribution is -2.61. The van der Waals surface area contributed by atoms with Crippen molar-refractivity contribution < 1.29 is 58.2 Å². The molecule has 1 aliphatic rings. The Morgan fingerprint density at radius 1 is 0.410 bits per heavy atom. The number of carbonyl (C=O) groups is 4. The van der Waals surface area contributed by atoms with E-state index in [1.165, 1.54) is 77.0 Å². The molecule has 0 aromatic heterocycles. The molecule has 0 bridgehead atoms. The van der Waals surface area contributed by atoms with Crippen LogP contribution in [-0.4, -0.2) is 89.2 Å². The number of esters is 3. The molecular weight excluding hydrogens is 1040 g/mol. The lowest BCUT2D eigenvalue weighted by Gasteiger charge is -2.40. The van der Waals surface area contributed by atoms with Gasteiger partial charge in [0.05, 0.1) is 6.61 Å². The molecule has 1 heterocycles. The number of hydrogen-bond acceptors (Lipinski definition) is 11. The molecule has 3 N–H and O–H groups in total. The Hall–Kier alpha value is -5.14. The lowest BCUT2D eigenvalue weighted by molar-refractivity contribution is -0.301. The zero-order chi connectivity index (χ0) is 60.3. The van der Waals surface area contributed by atoms with Gasteiger partial charge in [0.2, 0.25) is 0 Å². The molecule has 6 unspecified atom stereocenters. The first kappa shape index (κ1) is 75.9. The van der Waals surface area contributed by atoms with Crippen molar-refractivity contribution in [2.75, 3.05) is 13.2 Å². The molecule has 0 aliphatic carbocycles. The first-order valence-corrected chi connectivity index (χ1v) is 32.2. The Bertz CT molecular complexity index is 1950. The number of rotatable bonds is 53. The van der Waals surface area contributed by atoms with Gasteiger partial charge in [0.1, 0.15) is 18.8 Å². The van der Waals surface area contributed by atoms with Crippen molar-refractivity contribution in [2.24, 2.45) is 0 Å². The summed E-state index contributed by atoms with van der Waals surface area (Å²) in [5.74, 6) is -3.32. The predicted octanol–water partition coefficient (Wildman–Crippen LogP) is 17.3. The maximum Gasteiger partial charge on any atom is 0.335 e. The highest BCUT2D eigenvalue weighted by Crippen LogP contribution is 2.26. The Labute approximate surface area is 502 Å². The number of allylic oxidation sites excluding steroid dienone is 22. The normalized spacial score (nSPS) is 18.5. The minimum Gasteiger partial charge on any atom is -0.479 e. The van der Waals surface area contributed by atoms with E-state index in [0.717, 1.165) is 89.9 Å². The Kier molecular flexibility index (Phi) is 52.4. The number of aliphatic hydroxyl groups is 2. The van der Waals surface area contributed by atoms with E-state index >= 15 is 0 Å². The average Bonchev–Trinajstić information content (AvgIpc) is 3.59. The molecule has 83 heavy (non-hydrogen) atoms. The molecule has 12 heteroatoms. The quantitative estimate of drug-likeness (QED) is 0.0228. The fraction of sp³-hybridized carbons (Fsp3) is 0.634. The smallest absolute Gasteiger partial charge is 0.335 e. The number of ether oxygens (including phenoxy) is 5. The molecule has 1 aliphatic heterocycles. The molecule has 0 saturated carbocycles. The van der Waals surface area contributed by atoms with E-state index in [2.05, 4.69) is 130 Å². The minimum atomic E-state index is -1.93. The number of aliphatic carboxylic acids is 1. The summed E-state index contributed by atoms with van der Waals surface area (Å²) >= 11 is 0. The molecule has 1 fully saturated rings. The fourth-order valence-electron chi connectivity index (χ4n) is 8.90.